The lowest BCUT2D eigenvalue weighted by Gasteiger charge is -2.34. The summed E-state index contributed by atoms with van der Waals surface area (Å²) in [6.07, 6.45) is 6.14. The van der Waals surface area contributed by atoms with Crippen molar-refractivity contribution in [2.75, 3.05) is 20.3 Å². The van der Waals surface area contributed by atoms with E-state index < -0.39 is 5.97 Å². The van der Waals surface area contributed by atoms with Gasteiger partial charge in [-0.25, -0.2) is 4.79 Å². The fourth-order valence-corrected chi connectivity index (χ4v) is 5.49. The zero-order valence-corrected chi connectivity index (χ0v) is 22.5. The number of benzene rings is 1. The fourth-order valence-electron chi connectivity index (χ4n) is 4.46. The summed E-state index contributed by atoms with van der Waals surface area (Å²) < 4.78 is 18.1. The maximum atomic E-state index is 13.3. The van der Waals surface area contributed by atoms with E-state index >= 15 is 0 Å². The minimum absolute atomic E-state index is 0.0791. The Morgan fingerprint density at radius 2 is 1.94 bits per heavy atom. The molecule has 1 fully saturated rings. The molecule has 3 atom stereocenters. The number of hydrogen-bond acceptors (Lipinski definition) is 7. The summed E-state index contributed by atoms with van der Waals surface area (Å²) in [6.45, 7) is 8.47. The molecular formula is C27H36N2O6S. The molecule has 1 aliphatic carbocycles. The second kappa shape index (κ2) is 12.8. The Labute approximate surface area is 215 Å². The van der Waals surface area contributed by atoms with Crippen LogP contribution in [0, 0.1) is 11.8 Å². The Hall–Kier alpha value is -3.07. The van der Waals surface area contributed by atoms with Gasteiger partial charge in [0, 0.05) is 6.04 Å². The number of methoxy groups -OCH3 is 1. The first-order valence-corrected chi connectivity index (χ1v) is 13.3. The molecule has 0 saturated heterocycles. The molecule has 2 aromatic rings. The molecule has 1 aromatic carbocycles. The number of carbonyl (C=O) groups is 2. The van der Waals surface area contributed by atoms with Crippen LogP contribution < -0.4 is 29.5 Å². The van der Waals surface area contributed by atoms with Crippen LogP contribution in [0.1, 0.15) is 52.5 Å². The number of aromatic nitrogens is 1. The summed E-state index contributed by atoms with van der Waals surface area (Å²) in [5.41, 5.74) is 0.395. The average Bonchev–Trinajstić information content (AvgIpc) is 3.11. The van der Waals surface area contributed by atoms with Crippen molar-refractivity contribution < 1.29 is 23.8 Å². The molecule has 196 valence electrons. The molecule has 3 rings (SSSR count). The van der Waals surface area contributed by atoms with Crippen molar-refractivity contribution in [2.24, 2.45) is 11.8 Å². The molecule has 0 spiro atoms. The molecule has 0 bridgehead atoms. The first-order chi connectivity index (χ1) is 17.3. The third kappa shape index (κ3) is 6.78. The Morgan fingerprint density at radius 3 is 2.64 bits per heavy atom. The van der Waals surface area contributed by atoms with E-state index in [2.05, 4.69) is 19.2 Å². The van der Waals surface area contributed by atoms with Crippen LogP contribution in [0.25, 0.3) is 12.2 Å². The number of nitrogens with one attached hydrogen (secondary N) is 1. The first-order valence-electron chi connectivity index (χ1n) is 12.5. The van der Waals surface area contributed by atoms with Gasteiger partial charge in [0.25, 0.3) is 5.56 Å². The smallest absolute Gasteiger partial charge is 0.333 e. The normalized spacial score (nSPS) is 20.8. The Balaban J connectivity index is 1.98. The first kappa shape index (κ1) is 27.5. The SMILES string of the molecule is CCOC(=O)/C=c1\s/c(=C/c2ccc(OC)c(OCC)c2)c(=O)n1CC(=O)N[C@@H]1CCC[C@H](C)[C@H]1C. The van der Waals surface area contributed by atoms with Gasteiger partial charge in [-0.3, -0.25) is 14.2 Å². The monoisotopic (exact) mass is 516 g/mol. The van der Waals surface area contributed by atoms with Crippen LogP contribution in [0.4, 0.5) is 0 Å². The second-order valence-corrected chi connectivity index (χ2v) is 10.1. The van der Waals surface area contributed by atoms with Gasteiger partial charge in [-0.1, -0.05) is 32.8 Å². The highest BCUT2D eigenvalue weighted by atomic mass is 32.1. The van der Waals surface area contributed by atoms with Crippen molar-refractivity contribution in [3.63, 3.8) is 0 Å². The molecule has 0 unspecified atom stereocenters. The van der Waals surface area contributed by atoms with Crippen LogP contribution in [0.2, 0.25) is 0 Å². The molecule has 36 heavy (non-hydrogen) atoms. The van der Waals surface area contributed by atoms with E-state index in [0.29, 0.717) is 39.1 Å². The lowest BCUT2D eigenvalue weighted by molar-refractivity contribution is -0.135. The number of nitrogens with zero attached hydrogens (tertiary/aromatic N) is 1. The summed E-state index contributed by atoms with van der Waals surface area (Å²) in [7, 11) is 1.57. The van der Waals surface area contributed by atoms with E-state index in [-0.39, 0.29) is 30.7 Å². The van der Waals surface area contributed by atoms with Gasteiger partial charge in [0.15, 0.2) is 11.5 Å². The Kier molecular flexibility index (Phi) is 9.75. The molecule has 0 radical (unpaired) electrons. The fraction of sp³-hybridized carbons (Fsp3) is 0.519. The number of amides is 1. The predicted molar refractivity (Wildman–Crippen MR) is 141 cm³/mol. The number of hydrogen-bond donors (Lipinski definition) is 1. The molecule has 0 aliphatic heterocycles. The Morgan fingerprint density at radius 1 is 1.17 bits per heavy atom. The highest BCUT2D eigenvalue weighted by Crippen LogP contribution is 2.29. The third-order valence-corrected chi connectivity index (χ3v) is 7.66. The minimum atomic E-state index is -0.558. The van der Waals surface area contributed by atoms with Gasteiger partial charge in [-0.2, -0.15) is 0 Å². The zero-order chi connectivity index (χ0) is 26.2. The van der Waals surface area contributed by atoms with Gasteiger partial charge in [-0.05, 0) is 55.9 Å². The van der Waals surface area contributed by atoms with Crippen molar-refractivity contribution >= 4 is 35.4 Å². The lowest BCUT2D eigenvalue weighted by Crippen LogP contribution is -2.46. The van der Waals surface area contributed by atoms with Crippen LogP contribution in [0.5, 0.6) is 11.5 Å². The zero-order valence-electron chi connectivity index (χ0n) is 21.7. The van der Waals surface area contributed by atoms with E-state index in [1.165, 1.54) is 10.6 Å². The molecule has 1 amide bonds. The van der Waals surface area contributed by atoms with E-state index in [1.807, 2.05) is 13.0 Å². The number of esters is 1. The number of thiazole rings is 1. The van der Waals surface area contributed by atoms with Gasteiger partial charge in [-0.15, -0.1) is 11.3 Å². The molecule has 8 nitrogen and oxygen atoms in total. The van der Waals surface area contributed by atoms with Crippen molar-refractivity contribution in [1.82, 2.24) is 9.88 Å². The average molecular weight is 517 g/mol. The third-order valence-electron chi connectivity index (χ3n) is 6.60. The number of carbonyl (C=O) groups excluding carboxylic acids is 2. The highest BCUT2D eigenvalue weighted by molar-refractivity contribution is 7.07. The molecule has 1 aliphatic rings. The molecular weight excluding hydrogens is 480 g/mol. The summed E-state index contributed by atoms with van der Waals surface area (Å²) in [4.78, 5) is 38.5. The van der Waals surface area contributed by atoms with Crippen LogP contribution in [-0.4, -0.2) is 42.8 Å². The maximum absolute atomic E-state index is 13.3. The van der Waals surface area contributed by atoms with E-state index in [0.717, 1.165) is 36.2 Å². The summed E-state index contributed by atoms with van der Waals surface area (Å²) in [6, 6.07) is 5.46. The summed E-state index contributed by atoms with van der Waals surface area (Å²) in [5.74, 6) is 1.26. The predicted octanol–water partition coefficient (Wildman–Crippen LogP) is 2.43. The molecule has 1 N–H and O–H groups in total. The van der Waals surface area contributed by atoms with Crippen molar-refractivity contribution in [2.45, 2.75) is 59.5 Å². The van der Waals surface area contributed by atoms with Crippen molar-refractivity contribution in [3.8, 4) is 11.5 Å². The van der Waals surface area contributed by atoms with Crippen LogP contribution in [-0.2, 0) is 20.9 Å². The molecule has 9 heteroatoms. The maximum Gasteiger partial charge on any atom is 0.333 e. The standard InChI is InChI=1S/C27H36N2O6S/c1-6-34-22-13-19(11-12-21(22)33-5)14-23-27(32)29(25(36-23)15-26(31)35-7-2)16-24(30)28-20-10-8-9-17(3)18(20)4/h11-15,17-18,20H,6-10,16H2,1-5H3,(H,28,30)/b23-14+,25-15-/t17-,18+,20+/m0/s1. The summed E-state index contributed by atoms with van der Waals surface area (Å²) in [5, 5.41) is 3.11. The molecule has 1 saturated carbocycles. The molecule has 1 aromatic heterocycles. The topological polar surface area (TPSA) is 95.9 Å². The van der Waals surface area contributed by atoms with Crippen LogP contribution in [0.3, 0.4) is 0 Å². The van der Waals surface area contributed by atoms with Crippen molar-refractivity contribution in [3.05, 3.63) is 43.3 Å². The largest absolute Gasteiger partial charge is 0.493 e. The van der Waals surface area contributed by atoms with E-state index in [9.17, 15) is 14.4 Å². The quantitative estimate of drug-likeness (QED) is 0.515. The number of ether oxygens (including phenoxy) is 3. The van der Waals surface area contributed by atoms with Gasteiger partial charge in [0.2, 0.25) is 5.91 Å². The highest BCUT2D eigenvalue weighted by Gasteiger charge is 2.28. The molecule has 1 heterocycles. The Bertz CT molecular complexity index is 1250. The second-order valence-electron chi connectivity index (χ2n) is 9.02. The van der Waals surface area contributed by atoms with Crippen LogP contribution >= 0.6 is 11.3 Å². The van der Waals surface area contributed by atoms with Gasteiger partial charge in [0.05, 0.1) is 30.9 Å². The lowest BCUT2D eigenvalue weighted by atomic mass is 9.78. The number of rotatable bonds is 9. The van der Waals surface area contributed by atoms with Gasteiger partial charge < -0.3 is 19.5 Å². The van der Waals surface area contributed by atoms with Gasteiger partial charge in [0.1, 0.15) is 11.2 Å². The van der Waals surface area contributed by atoms with E-state index in [4.69, 9.17) is 14.2 Å². The summed E-state index contributed by atoms with van der Waals surface area (Å²) >= 11 is 1.14. The van der Waals surface area contributed by atoms with E-state index in [1.54, 1.807) is 32.2 Å². The van der Waals surface area contributed by atoms with Gasteiger partial charge >= 0.3 is 5.97 Å². The minimum Gasteiger partial charge on any atom is -0.493 e. The van der Waals surface area contributed by atoms with Crippen molar-refractivity contribution in [1.29, 1.82) is 0 Å². The van der Waals surface area contributed by atoms with Crippen LogP contribution in [0.15, 0.2) is 23.0 Å².